The number of rotatable bonds is 3. The molecule has 33 heavy (non-hydrogen) atoms. The van der Waals surface area contributed by atoms with Crippen LogP contribution in [0.5, 0.6) is 0 Å². The summed E-state index contributed by atoms with van der Waals surface area (Å²) in [6.07, 6.45) is 4.99. The van der Waals surface area contributed by atoms with E-state index in [4.69, 9.17) is 11.6 Å². The number of nitrogens with one attached hydrogen (secondary N) is 1. The zero-order valence-corrected chi connectivity index (χ0v) is 19.2. The Morgan fingerprint density at radius 1 is 0.970 bits per heavy atom. The summed E-state index contributed by atoms with van der Waals surface area (Å²) in [4.78, 5) is 44.1. The molecule has 3 aliphatic heterocycles. The van der Waals surface area contributed by atoms with Crippen LogP contribution in [0.3, 0.4) is 0 Å². The molecule has 2 saturated heterocycles. The number of anilines is 1. The fraction of sp³-hybridized carbons (Fsp3) is 0.458. The number of aromatic nitrogens is 1. The van der Waals surface area contributed by atoms with Gasteiger partial charge in [0.25, 0.3) is 0 Å². The lowest BCUT2D eigenvalue weighted by Gasteiger charge is -2.39. The van der Waals surface area contributed by atoms with Gasteiger partial charge >= 0.3 is 12.1 Å². The van der Waals surface area contributed by atoms with Gasteiger partial charge in [0.1, 0.15) is 0 Å². The van der Waals surface area contributed by atoms with Crippen molar-refractivity contribution >= 4 is 35.3 Å². The molecule has 2 aromatic rings. The van der Waals surface area contributed by atoms with Gasteiger partial charge in [-0.3, -0.25) is 9.36 Å². The number of fused-ring (bicyclic) bond motifs is 1. The van der Waals surface area contributed by atoms with Crippen LogP contribution in [0.4, 0.5) is 15.3 Å². The Morgan fingerprint density at radius 3 is 2.45 bits per heavy atom. The van der Waals surface area contributed by atoms with Gasteiger partial charge < -0.3 is 20.0 Å². The molecule has 0 aliphatic carbocycles. The quantitative estimate of drug-likeness (QED) is 0.741. The molecule has 4 amide bonds. The second-order valence-electron chi connectivity index (χ2n) is 9.06. The van der Waals surface area contributed by atoms with Gasteiger partial charge in [0, 0.05) is 54.8 Å². The highest BCUT2D eigenvalue weighted by Gasteiger charge is 2.37. The standard InChI is InChI=1S/C24H28ClN5O3/c25-18-5-7-19(8-6-18)26-23(32)28-11-1-3-17(15-28)22(31)27-13-9-20(10-14-27)30-16-21-4-2-12-29(21)24(30)33/h2,4-8,12,17,20H,1,3,9-11,13-16H2,(H,26,32). The topological polar surface area (TPSA) is 77.9 Å². The fourth-order valence-electron chi connectivity index (χ4n) is 5.15. The maximum absolute atomic E-state index is 13.2. The number of carbonyl (C=O) groups excluding carboxylic acids is 3. The molecular formula is C24H28ClN5O3. The van der Waals surface area contributed by atoms with Crippen LogP contribution in [0.2, 0.25) is 5.02 Å². The number of halogens is 1. The number of benzene rings is 1. The molecule has 9 heteroatoms. The first-order chi connectivity index (χ1) is 16.0. The van der Waals surface area contributed by atoms with Crippen LogP contribution in [-0.2, 0) is 11.3 Å². The smallest absolute Gasteiger partial charge is 0.329 e. The van der Waals surface area contributed by atoms with Crippen molar-refractivity contribution in [3.63, 3.8) is 0 Å². The first-order valence-corrected chi connectivity index (χ1v) is 11.9. The van der Waals surface area contributed by atoms with Crippen molar-refractivity contribution in [1.82, 2.24) is 19.3 Å². The molecule has 3 aliphatic rings. The number of hydrogen-bond acceptors (Lipinski definition) is 3. The summed E-state index contributed by atoms with van der Waals surface area (Å²) >= 11 is 5.91. The number of amides is 4. The summed E-state index contributed by atoms with van der Waals surface area (Å²) in [7, 11) is 0. The summed E-state index contributed by atoms with van der Waals surface area (Å²) in [6, 6.07) is 10.9. The number of piperidine rings is 2. The van der Waals surface area contributed by atoms with Crippen LogP contribution >= 0.6 is 11.6 Å². The van der Waals surface area contributed by atoms with Gasteiger partial charge in [0.2, 0.25) is 5.91 Å². The van der Waals surface area contributed by atoms with Crippen molar-refractivity contribution in [2.24, 2.45) is 5.92 Å². The SMILES string of the molecule is O=C(Nc1ccc(Cl)cc1)N1CCCC(C(=O)N2CCC(N3Cc4cccn4C3=O)CC2)C1. The molecule has 0 spiro atoms. The highest BCUT2D eigenvalue weighted by Crippen LogP contribution is 2.27. The van der Waals surface area contributed by atoms with Crippen molar-refractivity contribution in [2.75, 3.05) is 31.5 Å². The Morgan fingerprint density at radius 2 is 1.73 bits per heavy atom. The predicted molar refractivity (Wildman–Crippen MR) is 125 cm³/mol. The number of urea groups is 1. The molecule has 0 radical (unpaired) electrons. The normalized spacial score (nSPS) is 21.3. The van der Waals surface area contributed by atoms with Gasteiger partial charge in [-0.15, -0.1) is 0 Å². The van der Waals surface area contributed by atoms with Gasteiger partial charge in [-0.05, 0) is 62.1 Å². The van der Waals surface area contributed by atoms with Crippen molar-refractivity contribution in [2.45, 2.75) is 38.3 Å². The lowest BCUT2D eigenvalue weighted by Crippen LogP contribution is -2.51. The predicted octanol–water partition coefficient (Wildman–Crippen LogP) is 3.86. The summed E-state index contributed by atoms with van der Waals surface area (Å²) in [6.45, 7) is 3.01. The Balaban J connectivity index is 1.13. The van der Waals surface area contributed by atoms with E-state index in [0.717, 1.165) is 31.4 Å². The molecular weight excluding hydrogens is 442 g/mol. The summed E-state index contributed by atoms with van der Waals surface area (Å²) in [5, 5.41) is 3.50. The van der Waals surface area contributed by atoms with Crippen molar-refractivity contribution in [3.05, 3.63) is 53.3 Å². The molecule has 4 heterocycles. The minimum Gasteiger partial charge on any atom is -0.342 e. The first kappa shape index (κ1) is 21.8. The molecule has 0 saturated carbocycles. The van der Waals surface area contributed by atoms with E-state index in [1.54, 1.807) is 33.7 Å². The number of hydrogen-bond donors (Lipinski definition) is 1. The van der Waals surface area contributed by atoms with E-state index < -0.39 is 0 Å². The average Bonchev–Trinajstić information content (AvgIpc) is 3.43. The Labute approximate surface area is 198 Å². The molecule has 1 aromatic carbocycles. The molecule has 0 bridgehead atoms. The third-order valence-corrected chi connectivity index (χ3v) is 7.24. The third kappa shape index (κ3) is 4.44. The van der Waals surface area contributed by atoms with Gasteiger partial charge in [0.05, 0.1) is 12.5 Å². The number of nitrogens with zero attached hydrogens (tertiary/aromatic N) is 4. The average molecular weight is 470 g/mol. The Hall–Kier alpha value is -3.00. The molecule has 1 atom stereocenters. The molecule has 174 valence electrons. The van der Waals surface area contributed by atoms with Crippen molar-refractivity contribution in [3.8, 4) is 0 Å². The Kier molecular flexibility index (Phi) is 6.01. The molecule has 5 rings (SSSR count). The number of carbonyl (C=O) groups is 3. The summed E-state index contributed by atoms with van der Waals surface area (Å²) in [5.41, 5.74) is 1.71. The number of likely N-dealkylation sites (tertiary alicyclic amines) is 2. The second kappa shape index (κ2) is 9.09. The molecule has 1 N–H and O–H groups in total. The van der Waals surface area contributed by atoms with Crippen LogP contribution in [-0.4, -0.2) is 69.5 Å². The van der Waals surface area contributed by atoms with Crippen LogP contribution in [0.25, 0.3) is 0 Å². The molecule has 8 nitrogen and oxygen atoms in total. The van der Waals surface area contributed by atoms with E-state index in [1.807, 2.05) is 28.1 Å². The lowest BCUT2D eigenvalue weighted by atomic mass is 9.94. The summed E-state index contributed by atoms with van der Waals surface area (Å²) in [5.74, 6) is -0.0584. The maximum Gasteiger partial charge on any atom is 0.329 e. The fourth-order valence-corrected chi connectivity index (χ4v) is 5.28. The maximum atomic E-state index is 13.2. The first-order valence-electron chi connectivity index (χ1n) is 11.6. The summed E-state index contributed by atoms with van der Waals surface area (Å²) < 4.78 is 1.71. The van der Waals surface area contributed by atoms with E-state index in [0.29, 0.717) is 43.4 Å². The van der Waals surface area contributed by atoms with Crippen molar-refractivity contribution in [1.29, 1.82) is 0 Å². The van der Waals surface area contributed by atoms with Gasteiger partial charge in [-0.2, -0.15) is 0 Å². The van der Waals surface area contributed by atoms with E-state index in [9.17, 15) is 14.4 Å². The molecule has 1 aromatic heterocycles. The molecule has 2 fully saturated rings. The highest BCUT2D eigenvalue weighted by atomic mass is 35.5. The minimum atomic E-state index is -0.190. The monoisotopic (exact) mass is 469 g/mol. The third-order valence-electron chi connectivity index (χ3n) is 6.99. The van der Waals surface area contributed by atoms with Gasteiger partial charge in [0.15, 0.2) is 0 Å². The van der Waals surface area contributed by atoms with E-state index in [-0.39, 0.29) is 29.9 Å². The van der Waals surface area contributed by atoms with Crippen LogP contribution in [0, 0.1) is 5.92 Å². The largest absolute Gasteiger partial charge is 0.342 e. The Bertz CT molecular complexity index is 1040. The lowest BCUT2D eigenvalue weighted by molar-refractivity contribution is -0.138. The minimum absolute atomic E-state index is 0.0365. The van der Waals surface area contributed by atoms with E-state index >= 15 is 0 Å². The van der Waals surface area contributed by atoms with Crippen molar-refractivity contribution < 1.29 is 14.4 Å². The van der Waals surface area contributed by atoms with Crippen LogP contribution < -0.4 is 5.32 Å². The van der Waals surface area contributed by atoms with Crippen LogP contribution in [0.15, 0.2) is 42.6 Å². The zero-order chi connectivity index (χ0) is 22.9. The van der Waals surface area contributed by atoms with Gasteiger partial charge in [-0.25, -0.2) is 9.59 Å². The van der Waals surface area contributed by atoms with Gasteiger partial charge in [-0.1, -0.05) is 11.6 Å². The van der Waals surface area contributed by atoms with Crippen LogP contribution in [0.1, 0.15) is 31.4 Å². The zero-order valence-electron chi connectivity index (χ0n) is 18.5. The second-order valence-corrected chi connectivity index (χ2v) is 9.50. The van der Waals surface area contributed by atoms with E-state index in [1.165, 1.54) is 0 Å². The highest BCUT2D eigenvalue weighted by molar-refractivity contribution is 6.30. The molecule has 1 unspecified atom stereocenters. The van der Waals surface area contributed by atoms with E-state index in [2.05, 4.69) is 5.32 Å².